The number of rotatable bonds is 15. The highest BCUT2D eigenvalue weighted by atomic mass is 28.4. The Bertz CT molecular complexity index is 1430. The Morgan fingerprint density at radius 2 is 1.52 bits per heavy atom. The van der Waals surface area contributed by atoms with Crippen molar-refractivity contribution in [3.63, 3.8) is 0 Å². The van der Waals surface area contributed by atoms with Crippen LogP contribution in [-0.2, 0) is 26.8 Å². The predicted octanol–water partition coefficient (Wildman–Crippen LogP) is 9.30. The Balaban J connectivity index is 1.81. The molecule has 1 aliphatic heterocycles. The lowest BCUT2D eigenvalue weighted by Crippen LogP contribution is -2.51. The molecule has 3 aromatic carbocycles. The standard InChI is InChI=1S/C39H51NO5Si/c1-9-16-35(38(41)40-34(26-44-39(40)42)24-31-19-14-11-15-20-31)37(45-46(27(2)3,28(4)5)29(6)7)33-22-21-32(36(25-33)43-8)23-30-17-12-10-13-18-30/h9-15,17-22,25,27-29,34-35,37H,1,16,23-24,26H2,2-8H3/t34-,35+,37+/m0/s1. The zero-order valence-corrected chi connectivity index (χ0v) is 29.6. The highest BCUT2D eigenvalue weighted by Gasteiger charge is 2.50. The quantitative estimate of drug-likeness (QED) is 0.122. The summed E-state index contributed by atoms with van der Waals surface area (Å²) in [6.07, 6.45) is 2.13. The van der Waals surface area contributed by atoms with Crippen LogP contribution in [0.5, 0.6) is 5.75 Å². The Hall–Kier alpha value is -3.68. The van der Waals surface area contributed by atoms with E-state index in [9.17, 15) is 9.59 Å². The maximum atomic E-state index is 14.7. The van der Waals surface area contributed by atoms with E-state index in [1.807, 2.05) is 54.6 Å². The Morgan fingerprint density at radius 1 is 0.935 bits per heavy atom. The minimum atomic E-state index is -2.51. The number of methoxy groups -OCH3 is 1. The number of amides is 2. The first-order chi connectivity index (χ1) is 22.0. The molecule has 0 unspecified atom stereocenters. The fourth-order valence-corrected chi connectivity index (χ4v) is 12.9. The van der Waals surface area contributed by atoms with Gasteiger partial charge in [-0.1, -0.05) is 120 Å². The summed E-state index contributed by atoms with van der Waals surface area (Å²) in [4.78, 5) is 29.3. The van der Waals surface area contributed by atoms with Crippen molar-refractivity contribution in [3.8, 4) is 5.75 Å². The fraction of sp³-hybridized carbons (Fsp3) is 0.436. The molecule has 1 saturated heterocycles. The molecule has 3 atom stereocenters. The van der Waals surface area contributed by atoms with Gasteiger partial charge in [0.2, 0.25) is 14.2 Å². The monoisotopic (exact) mass is 641 g/mol. The molecule has 0 aromatic heterocycles. The van der Waals surface area contributed by atoms with Crippen LogP contribution in [0.4, 0.5) is 4.79 Å². The summed E-state index contributed by atoms with van der Waals surface area (Å²) in [6, 6.07) is 26.0. The zero-order chi connectivity index (χ0) is 33.4. The fourth-order valence-electron chi connectivity index (χ4n) is 7.39. The number of carbonyl (C=O) groups is 2. The van der Waals surface area contributed by atoms with E-state index in [0.29, 0.717) is 19.3 Å². The largest absolute Gasteiger partial charge is 0.496 e. The molecule has 6 nitrogen and oxygen atoms in total. The van der Waals surface area contributed by atoms with Gasteiger partial charge < -0.3 is 13.9 Å². The van der Waals surface area contributed by atoms with E-state index in [4.69, 9.17) is 13.9 Å². The molecule has 0 radical (unpaired) electrons. The zero-order valence-electron chi connectivity index (χ0n) is 28.6. The van der Waals surface area contributed by atoms with Crippen molar-refractivity contribution in [2.45, 2.75) is 89.6 Å². The SMILES string of the molecule is C=CC[C@@H](C(=O)N1C(=O)OC[C@@H]1Cc1ccccc1)[C@H](O[Si](C(C)C)(C(C)C)C(C)C)c1ccc(Cc2ccccc2)c(OC)c1. The van der Waals surface area contributed by atoms with E-state index in [1.165, 1.54) is 10.5 Å². The van der Waals surface area contributed by atoms with Gasteiger partial charge in [-0.25, -0.2) is 9.69 Å². The van der Waals surface area contributed by atoms with Crippen molar-refractivity contribution in [1.82, 2.24) is 4.90 Å². The van der Waals surface area contributed by atoms with Crippen molar-refractivity contribution in [2.75, 3.05) is 13.7 Å². The van der Waals surface area contributed by atoms with Gasteiger partial charge in [0.15, 0.2) is 0 Å². The van der Waals surface area contributed by atoms with E-state index >= 15 is 0 Å². The van der Waals surface area contributed by atoms with E-state index in [1.54, 1.807) is 13.2 Å². The third kappa shape index (κ3) is 7.64. The van der Waals surface area contributed by atoms with Crippen LogP contribution in [0.15, 0.2) is 91.5 Å². The van der Waals surface area contributed by atoms with Crippen molar-refractivity contribution < 1.29 is 23.5 Å². The first-order valence-electron chi connectivity index (χ1n) is 16.6. The third-order valence-electron chi connectivity index (χ3n) is 9.53. The number of hydrogen-bond acceptors (Lipinski definition) is 5. The van der Waals surface area contributed by atoms with Crippen LogP contribution < -0.4 is 4.74 Å². The van der Waals surface area contributed by atoms with E-state index in [0.717, 1.165) is 22.4 Å². The summed E-state index contributed by atoms with van der Waals surface area (Å²) in [5, 5.41) is 0. The molecule has 2 amide bonds. The Kier molecular flexibility index (Phi) is 12.0. The molecule has 3 aromatic rings. The Labute approximate surface area is 276 Å². The predicted molar refractivity (Wildman–Crippen MR) is 188 cm³/mol. The number of carbonyl (C=O) groups excluding carboxylic acids is 2. The third-order valence-corrected chi connectivity index (χ3v) is 15.6. The number of imide groups is 1. The van der Waals surface area contributed by atoms with Gasteiger partial charge in [-0.2, -0.15) is 0 Å². The molecule has 1 heterocycles. The normalized spacial score (nSPS) is 16.5. The average Bonchev–Trinajstić information content (AvgIpc) is 3.40. The van der Waals surface area contributed by atoms with Gasteiger partial charge in [0.05, 0.1) is 25.2 Å². The number of nitrogens with zero attached hydrogens (tertiary/aromatic N) is 1. The summed E-state index contributed by atoms with van der Waals surface area (Å²) in [6.45, 7) is 17.6. The van der Waals surface area contributed by atoms with Crippen LogP contribution >= 0.6 is 0 Å². The molecule has 0 N–H and O–H groups in total. The minimum Gasteiger partial charge on any atom is -0.496 e. The number of hydrogen-bond donors (Lipinski definition) is 0. The van der Waals surface area contributed by atoms with Crippen molar-refractivity contribution in [1.29, 1.82) is 0 Å². The molecule has 7 heteroatoms. The maximum absolute atomic E-state index is 14.7. The summed E-state index contributed by atoms with van der Waals surface area (Å²) >= 11 is 0. The van der Waals surface area contributed by atoms with Crippen molar-refractivity contribution in [3.05, 3.63) is 114 Å². The highest BCUT2D eigenvalue weighted by Crippen LogP contribution is 2.48. The second kappa shape index (κ2) is 15.7. The molecular formula is C39H51NO5Si. The summed E-state index contributed by atoms with van der Waals surface area (Å²) < 4.78 is 18.9. The summed E-state index contributed by atoms with van der Waals surface area (Å²) in [7, 11) is -0.830. The second-order valence-corrected chi connectivity index (χ2v) is 18.8. The number of ether oxygens (including phenoxy) is 2. The van der Waals surface area contributed by atoms with E-state index in [-0.39, 0.29) is 29.1 Å². The first-order valence-corrected chi connectivity index (χ1v) is 18.7. The number of cyclic esters (lactones) is 1. The smallest absolute Gasteiger partial charge is 0.416 e. The van der Waals surface area contributed by atoms with Gasteiger partial charge in [-0.15, -0.1) is 6.58 Å². The summed E-state index contributed by atoms with van der Waals surface area (Å²) in [5.41, 5.74) is 5.00. The molecule has 46 heavy (non-hydrogen) atoms. The molecule has 0 aliphatic carbocycles. The molecule has 0 bridgehead atoms. The molecule has 246 valence electrons. The van der Waals surface area contributed by atoms with Gasteiger partial charge in [0.25, 0.3) is 0 Å². The summed E-state index contributed by atoms with van der Waals surface area (Å²) in [5.74, 6) is -0.234. The molecule has 1 fully saturated rings. The first kappa shape index (κ1) is 35.2. The van der Waals surface area contributed by atoms with Crippen LogP contribution in [0.2, 0.25) is 16.6 Å². The van der Waals surface area contributed by atoms with E-state index in [2.05, 4.69) is 72.4 Å². The minimum absolute atomic E-state index is 0.163. The molecule has 0 spiro atoms. The van der Waals surface area contributed by atoms with Crippen molar-refractivity contribution in [2.24, 2.45) is 5.92 Å². The lowest BCUT2D eigenvalue weighted by molar-refractivity contribution is -0.137. The number of benzene rings is 3. The molecule has 1 aliphatic rings. The highest BCUT2D eigenvalue weighted by molar-refractivity contribution is 6.77. The molecule has 0 saturated carbocycles. The number of allylic oxidation sites excluding steroid dienone is 1. The van der Waals surface area contributed by atoms with Crippen LogP contribution in [0, 0.1) is 5.92 Å². The van der Waals surface area contributed by atoms with E-state index < -0.39 is 32.5 Å². The molecular weight excluding hydrogens is 591 g/mol. The van der Waals surface area contributed by atoms with Gasteiger partial charge in [0.1, 0.15) is 12.4 Å². The maximum Gasteiger partial charge on any atom is 0.416 e. The topological polar surface area (TPSA) is 65.1 Å². The van der Waals surface area contributed by atoms with Crippen molar-refractivity contribution >= 4 is 20.3 Å². The lowest BCUT2D eigenvalue weighted by Gasteiger charge is -2.46. The average molecular weight is 642 g/mol. The van der Waals surface area contributed by atoms with Crippen LogP contribution in [0.1, 0.15) is 76.3 Å². The van der Waals surface area contributed by atoms with Gasteiger partial charge >= 0.3 is 6.09 Å². The second-order valence-electron chi connectivity index (χ2n) is 13.3. The van der Waals surface area contributed by atoms with Gasteiger partial charge in [-0.3, -0.25) is 4.79 Å². The molecule has 4 rings (SSSR count). The Morgan fingerprint density at radius 3 is 2.07 bits per heavy atom. The van der Waals surface area contributed by atoms with Crippen LogP contribution in [0.3, 0.4) is 0 Å². The van der Waals surface area contributed by atoms with Crippen LogP contribution in [0.25, 0.3) is 0 Å². The van der Waals surface area contributed by atoms with Crippen LogP contribution in [-0.4, -0.2) is 45.0 Å². The van der Waals surface area contributed by atoms with Gasteiger partial charge in [0, 0.05) is 6.42 Å². The lowest BCUT2D eigenvalue weighted by atomic mass is 9.89. The van der Waals surface area contributed by atoms with Gasteiger partial charge in [-0.05, 0) is 57.8 Å².